The summed E-state index contributed by atoms with van der Waals surface area (Å²) in [6.45, 7) is 0. The van der Waals surface area contributed by atoms with Crippen LogP contribution in [0.3, 0.4) is 0 Å². The summed E-state index contributed by atoms with van der Waals surface area (Å²) in [5, 5.41) is 5.09. The second-order valence-corrected chi connectivity index (χ2v) is 5.54. The lowest BCUT2D eigenvalue weighted by Gasteiger charge is -2.03. The van der Waals surface area contributed by atoms with Crippen LogP contribution < -0.4 is 11.1 Å². The van der Waals surface area contributed by atoms with Crippen LogP contribution in [0, 0.1) is 3.57 Å². The van der Waals surface area contributed by atoms with Gasteiger partial charge in [-0.3, -0.25) is 4.79 Å². The summed E-state index contributed by atoms with van der Waals surface area (Å²) >= 11 is 3.56. The van der Waals surface area contributed by atoms with Crippen molar-refractivity contribution in [2.75, 3.05) is 11.1 Å². The number of nitrogens with one attached hydrogen (secondary N) is 1. The summed E-state index contributed by atoms with van der Waals surface area (Å²) < 4.78 is 1.13. The second-order valence-electron chi connectivity index (χ2n) is 3.41. The van der Waals surface area contributed by atoms with Crippen LogP contribution in [0.25, 0.3) is 0 Å². The number of halogens is 1. The van der Waals surface area contributed by atoms with Crippen LogP contribution in [0.2, 0.25) is 0 Å². The first-order valence-corrected chi connectivity index (χ1v) is 6.84. The number of aromatic nitrogens is 1. The van der Waals surface area contributed by atoms with E-state index in [2.05, 4.69) is 32.9 Å². The van der Waals surface area contributed by atoms with E-state index in [4.69, 9.17) is 5.73 Å². The monoisotopic (exact) mass is 359 g/mol. The Kier molecular flexibility index (Phi) is 3.95. The van der Waals surface area contributed by atoms with E-state index >= 15 is 0 Å². The lowest BCUT2D eigenvalue weighted by Crippen LogP contribution is -2.14. The normalized spacial score (nSPS) is 10.2. The van der Waals surface area contributed by atoms with E-state index in [0.717, 1.165) is 9.26 Å². The fourth-order valence-corrected chi connectivity index (χ4v) is 2.23. The van der Waals surface area contributed by atoms with Crippen molar-refractivity contribution >= 4 is 50.7 Å². The first kappa shape index (κ1) is 12.3. The van der Waals surface area contributed by atoms with Gasteiger partial charge >= 0.3 is 0 Å². The molecule has 2 rings (SSSR count). The molecular weight excluding hydrogens is 349 g/mol. The van der Waals surface area contributed by atoms with Crippen molar-refractivity contribution in [2.45, 2.75) is 6.42 Å². The van der Waals surface area contributed by atoms with E-state index in [0.29, 0.717) is 10.8 Å². The number of nitrogens with two attached hydrogens (primary N) is 1. The molecule has 1 aromatic carbocycles. The third-order valence-electron chi connectivity index (χ3n) is 2.04. The summed E-state index contributed by atoms with van der Waals surface area (Å²) in [6, 6.07) is 7.62. The number of benzene rings is 1. The van der Waals surface area contributed by atoms with Gasteiger partial charge in [0.2, 0.25) is 5.91 Å². The van der Waals surface area contributed by atoms with Gasteiger partial charge in [0.05, 0.1) is 12.1 Å². The average molecular weight is 359 g/mol. The Labute approximate surface area is 116 Å². The van der Waals surface area contributed by atoms with Gasteiger partial charge in [0.25, 0.3) is 0 Å². The molecule has 0 aliphatic carbocycles. The molecule has 0 spiro atoms. The standard InChI is InChI=1S/C11H10IN3OS/c12-7-1-3-8(4-2-7)14-10(16)5-9-6-17-11(13)15-9/h1-4,6H,5H2,(H2,13,15)(H,14,16). The van der Waals surface area contributed by atoms with Crippen LogP contribution in [-0.2, 0) is 11.2 Å². The number of nitrogen functional groups attached to an aromatic ring is 1. The van der Waals surface area contributed by atoms with Gasteiger partial charge in [-0.15, -0.1) is 11.3 Å². The van der Waals surface area contributed by atoms with Crippen LogP contribution in [0.5, 0.6) is 0 Å². The van der Waals surface area contributed by atoms with E-state index in [-0.39, 0.29) is 12.3 Å². The molecule has 0 fully saturated rings. The summed E-state index contributed by atoms with van der Waals surface area (Å²) in [5.41, 5.74) is 6.99. The van der Waals surface area contributed by atoms with Gasteiger partial charge in [0.15, 0.2) is 5.13 Å². The largest absolute Gasteiger partial charge is 0.375 e. The zero-order chi connectivity index (χ0) is 12.3. The van der Waals surface area contributed by atoms with Crippen LogP contribution in [0.15, 0.2) is 29.6 Å². The molecule has 1 heterocycles. The van der Waals surface area contributed by atoms with Crippen molar-refractivity contribution in [1.29, 1.82) is 0 Å². The Morgan fingerprint density at radius 3 is 2.71 bits per heavy atom. The summed E-state index contributed by atoms with van der Waals surface area (Å²) in [4.78, 5) is 15.7. The number of carbonyl (C=O) groups is 1. The van der Waals surface area contributed by atoms with E-state index in [1.54, 1.807) is 5.38 Å². The Hall–Kier alpha value is -1.15. The van der Waals surface area contributed by atoms with Gasteiger partial charge in [0.1, 0.15) is 0 Å². The van der Waals surface area contributed by atoms with E-state index in [1.807, 2.05) is 24.3 Å². The van der Waals surface area contributed by atoms with Crippen LogP contribution in [0.4, 0.5) is 10.8 Å². The SMILES string of the molecule is Nc1nc(CC(=O)Nc2ccc(I)cc2)cs1. The number of rotatable bonds is 3. The molecular formula is C11H10IN3OS. The Balaban J connectivity index is 1.95. The molecule has 0 aliphatic rings. The maximum atomic E-state index is 11.7. The maximum Gasteiger partial charge on any atom is 0.230 e. The maximum absolute atomic E-state index is 11.7. The van der Waals surface area contributed by atoms with Gasteiger partial charge in [-0.2, -0.15) is 0 Å². The highest BCUT2D eigenvalue weighted by atomic mass is 127. The van der Waals surface area contributed by atoms with Crippen molar-refractivity contribution in [3.63, 3.8) is 0 Å². The van der Waals surface area contributed by atoms with Crippen molar-refractivity contribution in [3.05, 3.63) is 38.9 Å². The van der Waals surface area contributed by atoms with Gasteiger partial charge < -0.3 is 11.1 Å². The third kappa shape index (κ3) is 3.67. The number of carbonyl (C=O) groups excluding carboxylic acids is 1. The quantitative estimate of drug-likeness (QED) is 0.828. The van der Waals surface area contributed by atoms with Crippen LogP contribution >= 0.6 is 33.9 Å². The van der Waals surface area contributed by atoms with Gasteiger partial charge in [-0.25, -0.2) is 4.98 Å². The highest BCUT2D eigenvalue weighted by Crippen LogP contribution is 2.14. The van der Waals surface area contributed by atoms with E-state index < -0.39 is 0 Å². The molecule has 6 heteroatoms. The minimum Gasteiger partial charge on any atom is -0.375 e. The van der Waals surface area contributed by atoms with E-state index in [1.165, 1.54) is 11.3 Å². The minimum absolute atomic E-state index is 0.0866. The van der Waals surface area contributed by atoms with Crippen LogP contribution in [-0.4, -0.2) is 10.9 Å². The Morgan fingerprint density at radius 1 is 1.41 bits per heavy atom. The molecule has 4 nitrogen and oxygen atoms in total. The molecule has 0 atom stereocenters. The fraction of sp³-hybridized carbons (Fsp3) is 0.0909. The number of anilines is 2. The predicted octanol–water partition coefficient (Wildman–Crippen LogP) is 2.51. The lowest BCUT2D eigenvalue weighted by molar-refractivity contribution is -0.115. The van der Waals surface area contributed by atoms with Crippen LogP contribution in [0.1, 0.15) is 5.69 Å². The smallest absolute Gasteiger partial charge is 0.230 e. The topological polar surface area (TPSA) is 68.0 Å². The number of thiazole rings is 1. The summed E-state index contributed by atoms with van der Waals surface area (Å²) in [6.07, 6.45) is 0.250. The molecule has 0 saturated carbocycles. The molecule has 2 aromatic rings. The Morgan fingerprint density at radius 2 is 2.12 bits per heavy atom. The Bertz CT molecular complexity index is 524. The van der Waals surface area contributed by atoms with Crippen molar-refractivity contribution in [3.8, 4) is 0 Å². The zero-order valence-electron chi connectivity index (χ0n) is 8.81. The van der Waals surface area contributed by atoms with Crippen molar-refractivity contribution in [1.82, 2.24) is 4.98 Å². The molecule has 0 unspecified atom stereocenters. The number of hydrogen-bond donors (Lipinski definition) is 2. The molecule has 17 heavy (non-hydrogen) atoms. The highest BCUT2D eigenvalue weighted by Gasteiger charge is 2.06. The number of hydrogen-bond acceptors (Lipinski definition) is 4. The van der Waals surface area contributed by atoms with Gasteiger partial charge in [-0.05, 0) is 46.9 Å². The number of nitrogens with zero attached hydrogens (tertiary/aromatic N) is 1. The molecule has 0 radical (unpaired) electrons. The first-order valence-electron chi connectivity index (χ1n) is 4.89. The molecule has 0 saturated heterocycles. The van der Waals surface area contributed by atoms with Gasteiger partial charge in [0, 0.05) is 14.6 Å². The van der Waals surface area contributed by atoms with Crippen molar-refractivity contribution < 1.29 is 4.79 Å². The van der Waals surface area contributed by atoms with E-state index in [9.17, 15) is 4.79 Å². The fourth-order valence-electron chi connectivity index (χ4n) is 1.31. The third-order valence-corrected chi connectivity index (χ3v) is 3.48. The average Bonchev–Trinajstić information content (AvgIpc) is 2.67. The lowest BCUT2D eigenvalue weighted by atomic mass is 10.3. The zero-order valence-corrected chi connectivity index (χ0v) is 11.8. The molecule has 88 valence electrons. The highest BCUT2D eigenvalue weighted by molar-refractivity contribution is 14.1. The predicted molar refractivity (Wildman–Crippen MR) is 78.0 cm³/mol. The molecule has 1 amide bonds. The first-order chi connectivity index (χ1) is 8.13. The summed E-state index contributed by atoms with van der Waals surface area (Å²) in [5.74, 6) is -0.0866. The molecule has 1 aromatic heterocycles. The minimum atomic E-state index is -0.0866. The summed E-state index contributed by atoms with van der Waals surface area (Å²) in [7, 11) is 0. The molecule has 0 aliphatic heterocycles. The van der Waals surface area contributed by atoms with Crippen molar-refractivity contribution in [2.24, 2.45) is 0 Å². The molecule has 0 bridgehead atoms. The number of amides is 1. The van der Waals surface area contributed by atoms with Gasteiger partial charge in [-0.1, -0.05) is 0 Å². The molecule has 3 N–H and O–H groups in total. The second kappa shape index (κ2) is 5.46.